The highest BCUT2D eigenvalue weighted by Crippen LogP contribution is 2.11. The molecule has 0 saturated carbocycles. The van der Waals surface area contributed by atoms with Gasteiger partial charge in [0.15, 0.2) is 0 Å². The van der Waals surface area contributed by atoms with E-state index in [0.29, 0.717) is 11.5 Å². The molecule has 0 aromatic heterocycles. The van der Waals surface area contributed by atoms with Gasteiger partial charge in [-0.05, 0) is 11.5 Å². The zero-order chi connectivity index (χ0) is 13.4. The van der Waals surface area contributed by atoms with E-state index < -0.39 is 0 Å². The molecule has 0 N–H and O–H groups in total. The van der Waals surface area contributed by atoms with Gasteiger partial charge in [0.05, 0.1) is 0 Å². The van der Waals surface area contributed by atoms with E-state index in [1.54, 1.807) is 12.1 Å². The SMILES string of the molecule is CC(C)c1ccccc1.O=C(S)c1ccccc1. The van der Waals surface area contributed by atoms with E-state index in [4.69, 9.17) is 0 Å². The highest BCUT2D eigenvalue weighted by atomic mass is 32.1. The second kappa shape index (κ2) is 7.72. The van der Waals surface area contributed by atoms with Gasteiger partial charge >= 0.3 is 0 Å². The zero-order valence-corrected chi connectivity index (χ0v) is 11.6. The highest BCUT2D eigenvalue weighted by Gasteiger charge is 1.94. The Hall–Kier alpha value is -1.54. The molecule has 0 amide bonds. The average Bonchev–Trinajstić information content (AvgIpc) is 2.41. The Bertz CT molecular complexity index is 463. The predicted molar refractivity (Wildman–Crippen MR) is 80.3 cm³/mol. The number of hydrogen-bond donors (Lipinski definition) is 1. The summed E-state index contributed by atoms with van der Waals surface area (Å²) < 4.78 is 0. The zero-order valence-electron chi connectivity index (χ0n) is 10.7. The van der Waals surface area contributed by atoms with E-state index in [0.717, 1.165) is 0 Å². The van der Waals surface area contributed by atoms with Crippen LogP contribution >= 0.6 is 12.6 Å². The van der Waals surface area contributed by atoms with E-state index in [1.165, 1.54) is 5.56 Å². The molecule has 0 saturated heterocycles. The molecule has 0 fully saturated rings. The lowest BCUT2D eigenvalue weighted by molar-refractivity contribution is 0.109. The number of rotatable bonds is 2. The van der Waals surface area contributed by atoms with Gasteiger partial charge in [0.1, 0.15) is 0 Å². The van der Waals surface area contributed by atoms with Crippen molar-refractivity contribution in [3.8, 4) is 0 Å². The monoisotopic (exact) mass is 258 g/mol. The molecule has 18 heavy (non-hydrogen) atoms. The van der Waals surface area contributed by atoms with Crippen LogP contribution in [-0.2, 0) is 0 Å². The molecule has 2 aromatic carbocycles. The van der Waals surface area contributed by atoms with Crippen LogP contribution in [0.5, 0.6) is 0 Å². The van der Waals surface area contributed by atoms with Crippen LogP contribution in [0.1, 0.15) is 35.7 Å². The molecule has 0 aliphatic carbocycles. The van der Waals surface area contributed by atoms with Crippen LogP contribution in [0.4, 0.5) is 0 Å². The van der Waals surface area contributed by atoms with Gasteiger partial charge in [-0.3, -0.25) is 4.79 Å². The highest BCUT2D eigenvalue weighted by molar-refractivity contribution is 7.97. The van der Waals surface area contributed by atoms with Crippen LogP contribution in [0.2, 0.25) is 0 Å². The average molecular weight is 258 g/mol. The van der Waals surface area contributed by atoms with Gasteiger partial charge in [-0.15, -0.1) is 12.6 Å². The van der Waals surface area contributed by atoms with Crippen molar-refractivity contribution in [2.45, 2.75) is 19.8 Å². The largest absolute Gasteiger partial charge is 0.282 e. The van der Waals surface area contributed by atoms with Gasteiger partial charge in [-0.2, -0.15) is 0 Å². The van der Waals surface area contributed by atoms with Crippen molar-refractivity contribution in [3.63, 3.8) is 0 Å². The second-order valence-electron chi connectivity index (χ2n) is 4.24. The van der Waals surface area contributed by atoms with Gasteiger partial charge < -0.3 is 0 Å². The van der Waals surface area contributed by atoms with E-state index in [-0.39, 0.29) is 5.12 Å². The lowest BCUT2D eigenvalue weighted by Gasteiger charge is -2.01. The summed E-state index contributed by atoms with van der Waals surface area (Å²) in [5.41, 5.74) is 2.05. The minimum Gasteiger partial charge on any atom is -0.282 e. The summed E-state index contributed by atoms with van der Waals surface area (Å²) in [6, 6.07) is 19.5. The number of benzene rings is 2. The summed E-state index contributed by atoms with van der Waals surface area (Å²) in [4.78, 5) is 10.5. The Morgan fingerprint density at radius 3 is 1.61 bits per heavy atom. The standard InChI is InChI=1S/C9H12.C7H6OS/c1-8(2)9-6-4-3-5-7-9;8-7(9)6-4-2-1-3-5-6/h3-8H,1-2H3;1-5H,(H,8,9). The molecular weight excluding hydrogens is 240 g/mol. The number of hydrogen-bond acceptors (Lipinski definition) is 1. The quantitative estimate of drug-likeness (QED) is 0.781. The molecule has 2 aromatic rings. The molecule has 94 valence electrons. The Kier molecular flexibility index (Phi) is 6.23. The van der Waals surface area contributed by atoms with E-state index in [1.807, 2.05) is 24.3 Å². The third kappa shape index (κ3) is 5.19. The van der Waals surface area contributed by atoms with Gasteiger partial charge in [0, 0.05) is 5.56 Å². The molecule has 0 unspecified atom stereocenters. The summed E-state index contributed by atoms with van der Waals surface area (Å²) in [6.45, 7) is 4.41. The smallest absolute Gasteiger partial charge is 0.216 e. The van der Waals surface area contributed by atoms with Crippen LogP contribution < -0.4 is 0 Å². The van der Waals surface area contributed by atoms with Gasteiger partial charge in [-0.25, -0.2) is 0 Å². The fourth-order valence-corrected chi connectivity index (χ4v) is 1.57. The molecule has 0 heterocycles. The van der Waals surface area contributed by atoms with Crippen molar-refractivity contribution in [1.82, 2.24) is 0 Å². The Labute approximate surface area is 114 Å². The van der Waals surface area contributed by atoms with Crippen molar-refractivity contribution in [2.75, 3.05) is 0 Å². The molecule has 2 heteroatoms. The summed E-state index contributed by atoms with van der Waals surface area (Å²) in [5, 5.41) is -0.185. The van der Waals surface area contributed by atoms with Gasteiger partial charge in [-0.1, -0.05) is 74.5 Å². The van der Waals surface area contributed by atoms with Crippen molar-refractivity contribution < 1.29 is 4.79 Å². The molecule has 0 bridgehead atoms. The number of carbonyl (C=O) groups excluding carboxylic acids is 1. The first kappa shape index (κ1) is 14.5. The fourth-order valence-electron chi connectivity index (χ4n) is 1.42. The van der Waals surface area contributed by atoms with Crippen molar-refractivity contribution >= 4 is 17.7 Å². The Balaban J connectivity index is 0.000000180. The maximum Gasteiger partial charge on any atom is 0.216 e. The van der Waals surface area contributed by atoms with E-state index in [2.05, 4.69) is 50.7 Å². The van der Waals surface area contributed by atoms with Crippen LogP contribution in [-0.4, -0.2) is 5.12 Å². The molecule has 2 rings (SSSR count). The maximum atomic E-state index is 10.5. The summed E-state index contributed by atoms with van der Waals surface area (Å²) in [7, 11) is 0. The minimum atomic E-state index is -0.185. The fraction of sp³-hybridized carbons (Fsp3) is 0.188. The predicted octanol–water partition coefficient (Wildman–Crippen LogP) is 4.57. The number of thiol groups is 1. The summed E-state index contributed by atoms with van der Waals surface area (Å²) >= 11 is 3.65. The van der Waals surface area contributed by atoms with Crippen molar-refractivity contribution in [1.29, 1.82) is 0 Å². The van der Waals surface area contributed by atoms with Crippen molar-refractivity contribution in [2.24, 2.45) is 0 Å². The first-order valence-electron chi connectivity index (χ1n) is 5.94. The third-order valence-electron chi connectivity index (χ3n) is 2.49. The lowest BCUT2D eigenvalue weighted by Crippen LogP contribution is -1.84. The van der Waals surface area contributed by atoms with Crippen LogP contribution in [0.3, 0.4) is 0 Å². The molecule has 0 aliphatic rings. The van der Waals surface area contributed by atoms with Gasteiger partial charge in [0.2, 0.25) is 5.12 Å². The lowest BCUT2D eigenvalue weighted by atomic mass is 10.0. The maximum absolute atomic E-state index is 10.5. The first-order chi connectivity index (χ1) is 8.61. The van der Waals surface area contributed by atoms with E-state index in [9.17, 15) is 4.79 Å². The van der Waals surface area contributed by atoms with Gasteiger partial charge in [0.25, 0.3) is 0 Å². The van der Waals surface area contributed by atoms with Crippen LogP contribution in [0, 0.1) is 0 Å². The Morgan fingerprint density at radius 2 is 1.33 bits per heavy atom. The summed E-state index contributed by atoms with van der Waals surface area (Å²) in [5.74, 6) is 0.659. The second-order valence-corrected chi connectivity index (χ2v) is 4.64. The molecule has 0 spiro atoms. The van der Waals surface area contributed by atoms with Crippen LogP contribution in [0.25, 0.3) is 0 Å². The molecular formula is C16H18OS. The van der Waals surface area contributed by atoms with Crippen molar-refractivity contribution in [3.05, 3.63) is 71.8 Å². The topological polar surface area (TPSA) is 17.1 Å². The van der Waals surface area contributed by atoms with Crippen LogP contribution in [0.15, 0.2) is 60.7 Å². The number of carbonyl (C=O) groups is 1. The summed E-state index contributed by atoms with van der Waals surface area (Å²) in [6.07, 6.45) is 0. The normalized spacial score (nSPS) is 9.56. The first-order valence-corrected chi connectivity index (χ1v) is 6.39. The molecule has 0 radical (unpaired) electrons. The van der Waals surface area contributed by atoms with E-state index >= 15 is 0 Å². The molecule has 0 aliphatic heterocycles. The molecule has 0 atom stereocenters. The third-order valence-corrected chi connectivity index (χ3v) is 2.75. The molecule has 1 nitrogen and oxygen atoms in total. The minimum absolute atomic E-state index is 0.185. The Morgan fingerprint density at radius 1 is 0.889 bits per heavy atom.